The Morgan fingerprint density at radius 1 is 1.40 bits per heavy atom. The first-order valence-corrected chi connectivity index (χ1v) is 7.13. The molecule has 3 nitrogen and oxygen atoms in total. The summed E-state index contributed by atoms with van der Waals surface area (Å²) in [5, 5.41) is 3.01. The second-order valence-corrected chi connectivity index (χ2v) is 6.01. The molecule has 3 heteroatoms. The third-order valence-corrected chi connectivity index (χ3v) is 4.06. The van der Waals surface area contributed by atoms with Gasteiger partial charge in [-0.25, -0.2) is 0 Å². The fourth-order valence-corrected chi connectivity index (χ4v) is 2.83. The van der Waals surface area contributed by atoms with E-state index in [0.29, 0.717) is 6.54 Å². The molecule has 20 heavy (non-hydrogen) atoms. The predicted octanol–water partition coefficient (Wildman–Crippen LogP) is 2.76. The molecule has 1 amide bonds. The summed E-state index contributed by atoms with van der Waals surface area (Å²) < 4.78 is 0. The molecule has 0 bridgehead atoms. The monoisotopic (exact) mass is 270 g/mol. The van der Waals surface area contributed by atoms with E-state index in [1.165, 1.54) is 0 Å². The third-order valence-electron chi connectivity index (χ3n) is 4.06. The van der Waals surface area contributed by atoms with Crippen LogP contribution in [0, 0.1) is 23.2 Å². The number of anilines is 1. The van der Waals surface area contributed by atoms with Gasteiger partial charge in [-0.3, -0.25) is 4.79 Å². The average Bonchev–Trinajstić information content (AvgIpc) is 2.77. The molecule has 2 rings (SSSR count). The fraction of sp³-hybridized carbons (Fsp3) is 0.471. The quantitative estimate of drug-likeness (QED) is 0.812. The van der Waals surface area contributed by atoms with Crippen molar-refractivity contribution in [3.8, 4) is 11.8 Å². The van der Waals surface area contributed by atoms with Gasteiger partial charge >= 0.3 is 0 Å². The molecule has 0 aliphatic heterocycles. The van der Waals surface area contributed by atoms with Crippen LogP contribution >= 0.6 is 0 Å². The zero-order valence-corrected chi connectivity index (χ0v) is 12.2. The first-order valence-electron chi connectivity index (χ1n) is 7.13. The van der Waals surface area contributed by atoms with E-state index in [0.717, 1.165) is 30.5 Å². The third kappa shape index (κ3) is 3.40. The highest BCUT2D eigenvalue weighted by Crippen LogP contribution is 2.42. The van der Waals surface area contributed by atoms with Crippen LogP contribution in [-0.4, -0.2) is 12.5 Å². The van der Waals surface area contributed by atoms with Crippen LogP contribution in [0.5, 0.6) is 0 Å². The Kier molecular flexibility index (Phi) is 4.46. The van der Waals surface area contributed by atoms with Crippen molar-refractivity contribution in [3.63, 3.8) is 0 Å². The molecular weight excluding hydrogens is 248 g/mol. The Morgan fingerprint density at radius 2 is 2.10 bits per heavy atom. The molecule has 1 unspecified atom stereocenters. The van der Waals surface area contributed by atoms with Crippen molar-refractivity contribution in [1.29, 1.82) is 0 Å². The zero-order valence-electron chi connectivity index (χ0n) is 12.2. The number of hydrogen-bond acceptors (Lipinski definition) is 2. The van der Waals surface area contributed by atoms with Gasteiger partial charge in [-0.15, -0.1) is 0 Å². The van der Waals surface area contributed by atoms with Gasteiger partial charge in [0.15, 0.2) is 0 Å². The Balaban J connectivity index is 2.01. The van der Waals surface area contributed by atoms with Crippen molar-refractivity contribution in [1.82, 2.24) is 0 Å². The van der Waals surface area contributed by atoms with E-state index in [9.17, 15) is 4.79 Å². The Morgan fingerprint density at radius 3 is 2.65 bits per heavy atom. The van der Waals surface area contributed by atoms with Gasteiger partial charge in [0.2, 0.25) is 5.91 Å². The molecule has 3 N–H and O–H groups in total. The Labute approximate surface area is 120 Å². The molecule has 1 aliphatic rings. The Hall–Kier alpha value is -1.79. The molecule has 0 spiro atoms. The highest BCUT2D eigenvalue weighted by atomic mass is 16.1. The maximum absolute atomic E-state index is 12.3. The van der Waals surface area contributed by atoms with Crippen molar-refractivity contribution in [2.45, 2.75) is 33.1 Å². The van der Waals surface area contributed by atoms with E-state index in [1.54, 1.807) is 0 Å². The summed E-state index contributed by atoms with van der Waals surface area (Å²) in [4.78, 5) is 12.3. The molecule has 1 aromatic rings. The molecule has 106 valence electrons. The smallest absolute Gasteiger partial charge is 0.228 e. The van der Waals surface area contributed by atoms with Crippen LogP contribution in [0.1, 0.15) is 38.7 Å². The van der Waals surface area contributed by atoms with E-state index in [-0.39, 0.29) is 17.2 Å². The van der Waals surface area contributed by atoms with Crippen molar-refractivity contribution in [2.24, 2.45) is 17.1 Å². The average molecular weight is 270 g/mol. The van der Waals surface area contributed by atoms with Crippen molar-refractivity contribution in [3.05, 3.63) is 29.8 Å². The Bertz CT molecular complexity index is 534. The molecule has 1 fully saturated rings. The van der Waals surface area contributed by atoms with Crippen molar-refractivity contribution >= 4 is 11.6 Å². The van der Waals surface area contributed by atoms with Gasteiger partial charge in [0, 0.05) is 17.2 Å². The van der Waals surface area contributed by atoms with Crippen LogP contribution in [0.3, 0.4) is 0 Å². The maximum atomic E-state index is 12.3. The molecule has 0 radical (unpaired) electrons. The largest absolute Gasteiger partial charge is 0.326 e. The maximum Gasteiger partial charge on any atom is 0.228 e. The van der Waals surface area contributed by atoms with Gasteiger partial charge in [0.05, 0.1) is 6.54 Å². The molecule has 1 aromatic carbocycles. The first kappa shape index (κ1) is 14.6. The number of hydrogen-bond donors (Lipinski definition) is 2. The van der Waals surface area contributed by atoms with Gasteiger partial charge in [0.1, 0.15) is 0 Å². The summed E-state index contributed by atoms with van der Waals surface area (Å²) in [7, 11) is 0. The van der Waals surface area contributed by atoms with Crippen LogP contribution in [0.4, 0.5) is 5.69 Å². The van der Waals surface area contributed by atoms with E-state index in [2.05, 4.69) is 31.0 Å². The fourth-order valence-electron chi connectivity index (χ4n) is 2.83. The number of carbonyl (C=O) groups excluding carboxylic acids is 1. The lowest BCUT2D eigenvalue weighted by Gasteiger charge is -2.25. The first-order chi connectivity index (χ1) is 9.53. The van der Waals surface area contributed by atoms with E-state index >= 15 is 0 Å². The van der Waals surface area contributed by atoms with Gasteiger partial charge < -0.3 is 11.1 Å². The normalized spacial score (nSPS) is 20.1. The lowest BCUT2D eigenvalue weighted by Crippen LogP contribution is -2.30. The van der Waals surface area contributed by atoms with Crippen LogP contribution in [-0.2, 0) is 4.79 Å². The lowest BCUT2D eigenvalue weighted by molar-refractivity contribution is -0.122. The molecule has 1 saturated carbocycles. The van der Waals surface area contributed by atoms with E-state index in [4.69, 9.17) is 5.73 Å². The zero-order chi connectivity index (χ0) is 14.6. The molecule has 0 saturated heterocycles. The van der Waals surface area contributed by atoms with Crippen LogP contribution in [0.15, 0.2) is 24.3 Å². The molecule has 1 atom stereocenters. The van der Waals surface area contributed by atoms with E-state index in [1.807, 2.05) is 24.3 Å². The topological polar surface area (TPSA) is 55.1 Å². The van der Waals surface area contributed by atoms with E-state index < -0.39 is 0 Å². The summed E-state index contributed by atoms with van der Waals surface area (Å²) in [6.45, 7) is 4.71. The van der Waals surface area contributed by atoms with Crippen molar-refractivity contribution < 1.29 is 4.79 Å². The van der Waals surface area contributed by atoms with Gasteiger partial charge in [-0.1, -0.05) is 32.1 Å². The van der Waals surface area contributed by atoms with Gasteiger partial charge in [0.25, 0.3) is 0 Å². The molecule has 1 aliphatic carbocycles. The number of benzene rings is 1. The lowest BCUT2D eigenvalue weighted by atomic mass is 9.81. The number of rotatable bonds is 2. The highest BCUT2D eigenvalue weighted by Gasteiger charge is 2.39. The minimum absolute atomic E-state index is 0.108. The SMILES string of the molecule is CC1(C)CCCC1C(=O)Nc1ccc(C#CCN)cc1. The van der Waals surface area contributed by atoms with Crippen molar-refractivity contribution in [2.75, 3.05) is 11.9 Å². The summed E-state index contributed by atoms with van der Waals surface area (Å²) in [5.74, 6) is 6.02. The number of amides is 1. The highest BCUT2D eigenvalue weighted by molar-refractivity contribution is 5.93. The number of nitrogens with one attached hydrogen (secondary N) is 1. The van der Waals surface area contributed by atoms with Crippen LogP contribution < -0.4 is 11.1 Å². The van der Waals surface area contributed by atoms with Gasteiger partial charge in [-0.2, -0.15) is 0 Å². The summed E-state index contributed by atoms with van der Waals surface area (Å²) in [5.41, 5.74) is 7.19. The summed E-state index contributed by atoms with van der Waals surface area (Å²) in [6, 6.07) is 7.58. The van der Waals surface area contributed by atoms with Crippen LogP contribution in [0.25, 0.3) is 0 Å². The second kappa shape index (κ2) is 6.11. The molecular formula is C17H22N2O. The molecule has 0 heterocycles. The van der Waals surface area contributed by atoms with Crippen LogP contribution in [0.2, 0.25) is 0 Å². The molecule has 0 aromatic heterocycles. The summed E-state index contributed by atoms with van der Waals surface area (Å²) in [6.07, 6.45) is 3.25. The number of carbonyl (C=O) groups is 1. The minimum atomic E-state index is 0.108. The summed E-state index contributed by atoms with van der Waals surface area (Å²) >= 11 is 0. The van der Waals surface area contributed by atoms with Gasteiger partial charge in [-0.05, 0) is 42.5 Å². The predicted molar refractivity (Wildman–Crippen MR) is 82.1 cm³/mol. The minimum Gasteiger partial charge on any atom is -0.326 e. The number of nitrogens with two attached hydrogens (primary N) is 1. The second-order valence-electron chi connectivity index (χ2n) is 6.01. The standard InChI is InChI=1S/C17H22N2O/c1-17(2)11-3-6-15(17)16(20)19-14-9-7-13(8-10-14)5-4-12-18/h7-10,15H,3,6,11-12,18H2,1-2H3,(H,19,20).